The lowest BCUT2D eigenvalue weighted by molar-refractivity contribution is -0.137. The molecule has 1 aromatic heterocycles. The standard InChI is InChI=1S/C27H31N3O5S2/c1-27(2,3)35-25(34)28-17-18-9-7-10-19(15-18)21-12-8-11-20(29-21)16-22-24(33)30(26(36)37-22)14-6-4-5-13-23(31)32/h7-12,15-16H,4-6,13-14,17H2,1-3H3,(H,28,34)(H,31,32)/b22-16-. The summed E-state index contributed by atoms with van der Waals surface area (Å²) in [5, 5.41) is 11.5. The molecule has 3 rings (SSSR count). The van der Waals surface area contributed by atoms with E-state index < -0.39 is 17.7 Å². The van der Waals surface area contributed by atoms with Gasteiger partial charge in [-0.05, 0) is 63.5 Å². The van der Waals surface area contributed by atoms with Crippen molar-refractivity contribution in [2.24, 2.45) is 0 Å². The lowest BCUT2D eigenvalue weighted by Crippen LogP contribution is -2.32. The maximum Gasteiger partial charge on any atom is 0.407 e. The molecule has 0 aliphatic carbocycles. The van der Waals surface area contributed by atoms with E-state index >= 15 is 0 Å². The molecule has 1 aliphatic rings. The van der Waals surface area contributed by atoms with Crippen LogP contribution in [-0.4, -0.2) is 49.4 Å². The average Bonchev–Trinajstić information content (AvgIpc) is 3.09. The van der Waals surface area contributed by atoms with Crippen molar-refractivity contribution in [2.45, 2.75) is 58.6 Å². The lowest BCUT2D eigenvalue weighted by Gasteiger charge is -2.19. The number of aliphatic carboxylic acids is 1. The maximum absolute atomic E-state index is 12.9. The third-order valence-corrected chi connectivity index (χ3v) is 6.63. The molecule has 0 atom stereocenters. The molecule has 2 aromatic rings. The number of pyridine rings is 1. The maximum atomic E-state index is 12.9. The molecule has 0 bridgehead atoms. The minimum absolute atomic E-state index is 0.128. The Morgan fingerprint density at radius 1 is 1.16 bits per heavy atom. The van der Waals surface area contributed by atoms with Gasteiger partial charge in [-0.3, -0.25) is 14.5 Å². The number of carbonyl (C=O) groups excluding carboxylic acids is 2. The number of thiocarbonyl (C=S) groups is 1. The summed E-state index contributed by atoms with van der Waals surface area (Å²) < 4.78 is 5.78. The van der Waals surface area contributed by atoms with Crippen LogP contribution >= 0.6 is 24.0 Å². The molecule has 1 aliphatic heterocycles. The third kappa shape index (κ3) is 8.98. The first-order valence-electron chi connectivity index (χ1n) is 12.0. The molecule has 0 unspecified atom stereocenters. The first-order valence-corrected chi connectivity index (χ1v) is 13.2. The summed E-state index contributed by atoms with van der Waals surface area (Å²) in [6.07, 6.45) is 3.38. The SMILES string of the molecule is CC(C)(C)OC(=O)NCc1cccc(-c2cccc(/C=C3\SC(=S)N(CCCCCC(=O)O)C3=O)n2)c1. The summed E-state index contributed by atoms with van der Waals surface area (Å²) >= 11 is 6.64. The Kier molecular flexibility index (Phi) is 9.82. The van der Waals surface area contributed by atoms with Gasteiger partial charge in [-0.1, -0.05) is 54.7 Å². The fraction of sp³-hybridized carbons (Fsp3) is 0.370. The molecule has 10 heteroatoms. The number of carbonyl (C=O) groups is 3. The zero-order chi connectivity index (χ0) is 27.0. The average molecular weight is 542 g/mol. The number of hydrogen-bond acceptors (Lipinski definition) is 7. The van der Waals surface area contributed by atoms with E-state index in [4.69, 9.17) is 27.0 Å². The van der Waals surface area contributed by atoms with E-state index in [2.05, 4.69) is 5.32 Å². The molecule has 0 radical (unpaired) electrons. The van der Waals surface area contributed by atoms with Crippen LogP contribution in [0.1, 0.15) is 57.7 Å². The second kappa shape index (κ2) is 12.8. The van der Waals surface area contributed by atoms with Crippen LogP contribution in [0.4, 0.5) is 4.79 Å². The van der Waals surface area contributed by atoms with Crippen LogP contribution in [0.25, 0.3) is 17.3 Å². The second-order valence-corrected chi connectivity index (χ2v) is 11.2. The minimum Gasteiger partial charge on any atom is -0.481 e. The van der Waals surface area contributed by atoms with Crippen molar-refractivity contribution in [1.29, 1.82) is 0 Å². The fourth-order valence-electron chi connectivity index (χ4n) is 3.57. The summed E-state index contributed by atoms with van der Waals surface area (Å²) in [6.45, 7) is 6.24. The third-order valence-electron chi connectivity index (χ3n) is 5.25. The van der Waals surface area contributed by atoms with Crippen molar-refractivity contribution in [3.63, 3.8) is 0 Å². The topological polar surface area (TPSA) is 109 Å². The molecule has 2 heterocycles. The van der Waals surface area contributed by atoms with Crippen molar-refractivity contribution in [2.75, 3.05) is 6.54 Å². The molecule has 8 nitrogen and oxygen atoms in total. The lowest BCUT2D eigenvalue weighted by atomic mass is 10.1. The molecule has 0 saturated carbocycles. The molecule has 1 fully saturated rings. The number of unbranched alkanes of at least 4 members (excludes halogenated alkanes) is 2. The van der Waals surface area contributed by atoms with E-state index in [-0.39, 0.29) is 12.3 Å². The van der Waals surface area contributed by atoms with E-state index in [1.165, 1.54) is 11.8 Å². The molecule has 0 spiro atoms. The molecular formula is C27H31N3O5S2. The number of ether oxygens (including phenoxy) is 1. The van der Waals surface area contributed by atoms with Crippen LogP contribution in [0.3, 0.4) is 0 Å². The van der Waals surface area contributed by atoms with E-state index in [9.17, 15) is 14.4 Å². The summed E-state index contributed by atoms with van der Waals surface area (Å²) in [7, 11) is 0. The molecule has 196 valence electrons. The van der Waals surface area contributed by atoms with Gasteiger partial charge in [0.2, 0.25) is 0 Å². The van der Waals surface area contributed by atoms with Crippen LogP contribution in [-0.2, 0) is 20.9 Å². The quantitative estimate of drug-likeness (QED) is 0.227. The number of nitrogens with zero attached hydrogens (tertiary/aromatic N) is 2. The highest BCUT2D eigenvalue weighted by Gasteiger charge is 2.31. The predicted octanol–water partition coefficient (Wildman–Crippen LogP) is 5.62. The molecule has 2 amide bonds. The van der Waals surface area contributed by atoms with Crippen molar-refractivity contribution >= 4 is 52.3 Å². The Morgan fingerprint density at radius 3 is 2.65 bits per heavy atom. The normalized spacial score (nSPS) is 14.8. The van der Waals surface area contributed by atoms with E-state index in [0.29, 0.717) is 40.9 Å². The zero-order valence-corrected chi connectivity index (χ0v) is 22.8. The van der Waals surface area contributed by atoms with Crippen LogP contribution < -0.4 is 5.32 Å². The van der Waals surface area contributed by atoms with Crippen molar-refractivity contribution in [3.8, 4) is 11.3 Å². The second-order valence-electron chi connectivity index (χ2n) is 9.54. The number of amides is 2. The number of alkyl carbamates (subject to hydrolysis) is 1. The van der Waals surface area contributed by atoms with Gasteiger partial charge in [0.25, 0.3) is 5.91 Å². The van der Waals surface area contributed by atoms with Gasteiger partial charge in [-0.15, -0.1) is 0 Å². The molecule has 2 N–H and O–H groups in total. The highest BCUT2D eigenvalue weighted by Crippen LogP contribution is 2.33. The molecule has 1 saturated heterocycles. The molecular weight excluding hydrogens is 510 g/mol. The van der Waals surface area contributed by atoms with Crippen molar-refractivity contribution in [1.82, 2.24) is 15.2 Å². The highest BCUT2D eigenvalue weighted by molar-refractivity contribution is 8.26. The first-order chi connectivity index (χ1) is 17.5. The van der Waals surface area contributed by atoms with Crippen LogP contribution in [0.15, 0.2) is 47.4 Å². The fourth-order valence-corrected chi connectivity index (χ4v) is 4.86. The minimum atomic E-state index is -0.813. The number of rotatable bonds is 10. The van der Waals surface area contributed by atoms with Crippen molar-refractivity contribution < 1.29 is 24.2 Å². The van der Waals surface area contributed by atoms with Gasteiger partial charge >= 0.3 is 12.1 Å². The van der Waals surface area contributed by atoms with E-state index in [1.54, 1.807) is 11.0 Å². The smallest absolute Gasteiger partial charge is 0.407 e. The molecule has 1 aromatic carbocycles. The largest absolute Gasteiger partial charge is 0.481 e. The summed E-state index contributed by atoms with van der Waals surface area (Å²) in [5.41, 5.74) is 2.60. The van der Waals surface area contributed by atoms with Crippen LogP contribution in [0.5, 0.6) is 0 Å². The number of carboxylic acids is 1. The monoisotopic (exact) mass is 541 g/mol. The van der Waals surface area contributed by atoms with Gasteiger partial charge < -0.3 is 15.2 Å². The van der Waals surface area contributed by atoms with Gasteiger partial charge in [0.15, 0.2) is 0 Å². The Morgan fingerprint density at radius 2 is 1.92 bits per heavy atom. The number of benzene rings is 1. The number of carboxylic acid groups (broad SMARTS) is 1. The van der Waals surface area contributed by atoms with Gasteiger partial charge in [0.1, 0.15) is 9.92 Å². The van der Waals surface area contributed by atoms with Gasteiger partial charge in [0.05, 0.1) is 16.3 Å². The predicted molar refractivity (Wildman–Crippen MR) is 149 cm³/mol. The molecule has 37 heavy (non-hydrogen) atoms. The van der Waals surface area contributed by atoms with Crippen LogP contribution in [0.2, 0.25) is 0 Å². The van der Waals surface area contributed by atoms with Gasteiger partial charge in [-0.25, -0.2) is 9.78 Å². The first kappa shape index (κ1) is 28.3. The van der Waals surface area contributed by atoms with Gasteiger partial charge in [-0.2, -0.15) is 0 Å². The number of hydrogen-bond donors (Lipinski definition) is 2. The van der Waals surface area contributed by atoms with E-state index in [1.807, 2.05) is 63.2 Å². The summed E-state index contributed by atoms with van der Waals surface area (Å²) in [6, 6.07) is 13.3. The summed E-state index contributed by atoms with van der Waals surface area (Å²) in [4.78, 5) is 42.3. The van der Waals surface area contributed by atoms with E-state index in [0.717, 1.165) is 23.2 Å². The van der Waals surface area contributed by atoms with Crippen LogP contribution in [0, 0.1) is 0 Å². The number of aromatic nitrogens is 1. The Labute approximate surface area is 226 Å². The Balaban J connectivity index is 1.65. The summed E-state index contributed by atoms with van der Waals surface area (Å²) in [5.74, 6) is -0.969. The Bertz CT molecular complexity index is 1210. The Hall–Kier alpha value is -3.24. The number of nitrogens with one attached hydrogen (secondary N) is 1. The van der Waals surface area contributed by atoms with Gasteiger partial charge in [0, 0.05) is 25.1 Å². The zero-order valence-electron chi connectivity index (χ0n) is 21.2. The highest BCUT2D eigenvalue weighted by atomic mass is 32.2. The number of thioether (sulfide) groups is 1. The van der Waals surface area contributed by atoms with Crippen molar-refractivity contribution in [3.05, 3.63) is 58.6 Å².